The molecule has 0 spiro atoms. The Hall–Kier alpha value is -1.47. The van der Waals surface area contributed by atoms with Crippen LogP contribution in [-0.4, -0.2) is 68.4 Å². The van der Waals surface area contributed by atoms with Gasteiger partial charge in [0, 0.05) is 31.5 Å². The third-order valence-corrected chi connectivity index (χ3v) is 5.81. The molecule has 0 bridgehead atoms. The number of rotatable bonds is 6. The van der Waals surface area contributed by atoms with Gasteiger partial charge in [-0.1, -0.05) is 0 Å². The van der Waals surface area contributed by atoms with Gasteiger partial charge in [-0.05, 0) is 51.6 Å². The summed E-state index contributed by atoms with van der Waals surface area (Å²) in [6, 6.07) is 0.594. The van der Waals surface area contributed by atoms with Gasteiger partial charge < -0.3 is 14.6 Å². The maximum absolute atomic E-state index is 12.0. The maximum Gasteiger partial charge on any atom is 0.224 e. The SMILES string of the molecule is O=C(CCO)N1CCC(c2nnc(CN3CCCC3)n2C2CC2)CC1. The van der Waals surface area contributed by atoms with Crippen LogP contribution in [0, 0.1) is 0 Å². The molecular weight excluding hydrogens is 318 g/mol. The summed E-state index contributed by atoms with van der Waals surface area (Å²) in [5.74, 6) is 2.75. The van der Waals surface area contributed by atoms with Crippen LogP contribution in [0.4, 0.5) is 0 Å². The lowest BCUT2D eigenvalue weighted by atomic mass is 9.95. The van der Waals surface area contributed by atoms with E-state index in [0.717, 1.165) is 44.1 Å². The highest BCUT2D eigenvalue weighted by Gasteiger charge is 2.34. The predicted molar refractivity (Wildman–Crippen MR) is 93.1 cm³/mol. The predicted octanol–water partition coefficient (Wildman–Crippen LogP) is 1.30. The molecule has 138 valence electrons. The Balaban J connectivity index is 1.44. The molecule has 1 aromatic heterocycles. The van der Waals surface area contributed by atoms with E-state index in [9.17, 15) is 4.79 Å². The number of aliphatic hydroxyl groups is 1. The van der Waals surface area contributed by atoms with Gasteiger partial charge in [0.2, 0.25) is 5.91 Å². The van der Waals surface area contributed by atoms with Gasteiger partial charge in [0.15, 0.2) is 0 Å². The number of amides is 1. The number of carbonyl (C=O) groups is 1. The Kier molecular flexibility index (Phi) is 5.03. The molecule has 0 atom stereocenters. The molecule has 1 amide bonds. The molecule has 2 aliphatic heterocycles. The molecule has 4 rings (SSSR count). The molecule has 25 heavy (non-hydrogen) atoms. The van der Waals surface area contributed by atoms with Crippen LogP contribution in [-0.2, 0) is 11.3 Å². The van der Waals surface area contributed by atoms with Crippen LogP contribution in [0.5, 0.6) is 0 Å². The van der Waals surface area contributed by atoms with Gasteiger partial charge in [-0.15, -0.1) is 10.2 Å². The van der Waals surface area contributed by atoms with Crippen molar-refractivity contribution < 1.29 is 9.90 Å². The van der Waals surface area contributed by atoms with Gasteiger partial charge in [-0.25, -0.2) is 0 Å². The van der Waals surface area contributed by atoms with Crippen molar-refractivity contribution in [3.63, 3.8) is 0 Å². The Bertz CT molecular complexity index is 599. The van der Waals surface area contributed by atoms with Crippen LogP contribution < -0.4 is 0 Å². The van der Waals surface area contributed by atoms with Crippen molar-refractivity contribution in [2.75, 3.05) is 32.8 Å². The first-order valence-electron chi connectivity index (χ1n) is 9.81. The fourth-order valence-electron chi connectivity index (χ4n) is 4.24. The molecular formula is C18H29N5O2. The number of likely N-dealkylation sites (tertiary alicyclic amines) is 2. The quantitative estimate of drug-likeness (QED) is 0.839. The maximum atomic E-state index is 12.0. The van der Waals surface area contributed by atoms with E-state index in [-0.39, 0.29) is 18.9 Å². The lowest BCUT2D eigenvalue weighted by Gasteiger charge is -2.31. The summed E-state index contributed by atoms with van der Waals surface area (Å²) >= 11 is 0. The van der Waals surface area contributed by atoms with E-state index in [0.29, 0.717) is 12.0 Å². The summed E-state index contributed by atoms with van der Waals surface area (Å²) in [7, 11) is 0. The van der Waals surface area contributed by atoms with Crippen molar-refractivity contribution in [1.82, 2.24) is 24.6 Å². The minimum Gasteiger partial charge on any atom is -0.396 e. The largest absolute Gasteiger partial charge is 0.396 e. The van der Waals surface area contributed by atoms with Gasteiger partial charge in [-0.2, -0.15) is 0 Å². The third-order valence-electron chi connectivity index (χ3n) is 5.81. The molecule has 2 saturated heterocycles. The van der Waals surface area contributed by atoms with E-state index < -0.39 is 0 Å². The zero-order valence-electron chi connectivity index (χ0n) is 14.9. The van der Waals surface area contributed by atoms with Crippen LogP contribution in [0.25, 0.3) is 0 Å². The molecule has 0 unspecified atom stereocenters. The molecule has 0 radical (unpaired) electrons. The zero-order chi connectivity index (χ0) is 17.2. The summed E-state index contributed by atoms with van der Waals surface area (Å²) in [6.45, 7) is 4.76. The average Bonchev–Trinajstić information content (AvgIpc) is 3.17. The molecule has 0 aromatic carbocycles. The van der Waals surface area contributed by atoms with E-state index in [1.165, 1.54) is 38.8 Å². The van der Waals surface area contributed by atoms with Gasteiger partial charge in [0.1, 0.15) is 11.6 Å². The second kappa shape index (κ2) is 7.41. The lowest BCUT2D eigenvalue weighted by molar-refractivity contribution is -0.132. The number of hydrogen-bond acceptors (Lipinski definition) is 5. The van der Waals surface area contributed by atoms with Crippen molar-refractivity contribution in [2.45, 2.75) is 63.5 Å². The lowest BCUT2D eigenvalue weighted by Crippen LogP contribution is -2.38. The van der Waals surface area contributed by atoms with Crippen molar-refractivity contribution in [1.29, 1.82) is 0 Å². The van der Waals surface area contributed by atoms with Crippen LogP contribution in [0.15, 0.2) is 0 Å². The second-order valence-corrected chi connectivity index (χ2v) is 7.69. The standard InChI is InChI=1S/C18H29N5O2/c24-12-7-17(25)22-10-5-14(6-11-22)18-20-19-16(23(18)15-3-4-15)13-21-8-1-2-9-21/h14-15,24H,1-13H2. The molecule has 1 saturated carbocycles. The summed E-state index contributed by atoms with van der Waals surface area (Å²) in [5.41, 5.74) is 0. The van der Waals surface area contributed by atoms with Gasteiger partial charge >= 0.3 is 0 Å². The average molecular weight is 347 g/mol. The third kappa shape index (κ3) is 3.72. The minimum absolute atomic E-state index is 0.0609. The number of piperidine rings is 1. The van der Waals surface area contributed by atoms with Crippen LogP contribution in [0.1, 0.15) is 68.6 Å². The minimum atomic E-state index is -0.0609. The van der Waals surface area contributed by atoms with E-state index in [4.69, 9.17) is 5.11 Å². The normalized spacial score (nSPS) is 22.7. The van der Waals surface area contributed by atoms with Crippen LogP contribution >= 0.6 is 0 Å². The van der Waals surface area contributed by atoms with E-state index in [1.807, 2.05) is 4.90 Å². The monoisotopic (exact) mass is 347 g/mol. The highest BCUT2D eigenvalue weighted by molar-refractivity contribution is 5.76. The number of aromatic nitrogens is 3. The van der Waals surface area contributed by atoms with Crippen molar-refractivity contribution in [3.05, 3.63) is 11.6 Å². The highest BCUT2D eigenvalue weighted by atomic mass is 16.3. The number of nitrogens with zero attached hydrogens (tertiary/aromatic N) is 5. The van der Waals surface area contributed by atoms with Crippen LogP contribution in [0.2, 0.25) is 0 Å². The van der Waals surface area contributed by atoms with Crippen molar-refractivity contribution in [2.24, 2.45) is 0 Å². The van der Waals surface area contributed by atoms with Crippen LogP contribution in [0.3, 0.4) is 0 Å². The first-order valence-corrected chi connectivity index (χ1v) is 9.81. The topological polar surface area (TPSA) is 74.5 Å². The molecule has 3 aliphatic rings. The Morgan fingerprint density at radius 1 is 1.04 bits per heavy atom. The molecule has 3 heterocycles. The van der Waals surface area contributed by atoms with Gasteiger partial charge in [0.25, 0.3) is 0 Å². The fraction of sp³-hybridized carbons (Fsp3) is 0.833. The Morgan fingerprint density at radius 3 is 2.40 bits per heavy atom. The van der Waals surface area contributed by atoms with E-state index in [2.05, 4.69) is 19.7 Å². The van der Waals surface area contributed by atoms with Crippen molar-refractivity contribution >= 4 is 5.91 Å². The Morgan fingerprint density at radius 2 is 1.76 bits per heavy atom. The fourth-order valence-corrected chi connectivity index (χ4v) is 4.24. The summed E-state index contributed by atoms with van der Waals surface area (Å²) in [6.07, 6.45) is 7.22. The number of carbonyl (C=O) groups excluding carboxylic acids is 1. The molecule has 1 aliphatic carbocycles. The van der Waals surface area contributed by atoms with E-state index in [1.54, 1.807) is 0 Å². The zero-order valence-corrected chi connectivity index (χ0v) is 14.9. The summed E-state index contributed by atoms with van der Waals surface area (Å²) < 4.78 is 2.42. The highest BCUT2D eigenvalue weighted by Crippen LogP contribution is 2.40. The molecule has 1 N–H and O–H groups in total. The van der Waals surface area contributed by atoms with Gasteiger partial charge in [-0.3, -0.25) is 9.69 Å². The van der Waals surface area contributed by atoms with Crippen molar-refractivity contribution in [3.8, 4) is 0 Å². The number of aliphatic hydroxyl groups excluding tert-OH is 1. The Labute approximate surface area is 149 Å². The second-order valence-electron chi connectivity index (χ2n) is 7.69. The smallest absolute Gasteiger partial charge is 0.224 e. The molecule has 1 aromatic rings. The molecule has 7 heteroatoms. The van der Waals surface area contributed by atoms with Gasteiger partial charge in [0.05, 0.1) is 13.2 Å². The summed E-state index contributed by atoms with van der Waals surface area (Å²) in [5, 5.41) is 18.1. The number of hydrogen-bond donors (Lipinski definition) is 1. The first-order chi connectivity index (χ1) is 12.3. The molecule has 7 nitrogen and oxygen atoms in total. The first kappa shape index (κ1) is 17.0. The molecule has 3 fully saturated rings. The van der Waals surface area contributed by atoms with E-state index >= 15 is 0 Å². The summed E-state index contributed by atoms with van der Waals surface area (Å²) in [4.78, 5) is 16.3.